The first-order chi connectivity index (χ1) is 7.77. The van der Waals surface area contributed by atoms with Gasteiger partial charge in [0.05, 0.1) is 0 Å². The van der Waals surface area contributed by atoms with Gasteiger partial charge in [-0.05, 0) is 18.2 Å². The predicted octanol–water partition coefficient (Wildman–Crippen LogP) is 0.647. The van der Waals surface area contributed by atoms with E-state index in [4.69, 9.17) is 14.9 Å². The van der Waals surface area contributed by atoms with E-state index in [2.05, 4.69) is 15.0 Å². The van der Waals surface area contributed by atoms with Crippen molar-refractivity contribution in [3.8, 4) is 11.8 Å². The second-order valence-electron chi connectivity index (χ2n) is 2.89. The molecule has 0 aliphatic heterocycles. The zero-order valence-electron chi connectivity index (χ0n) is 8.19. The summed E-state index contributed by atoms with van der Waals surface area (Å²) in [7, 11) is 0. The van der Waals surface area contributed by atoms with Gasteiger partial charge in [0.25, 0.3) is 0 Å². The SMILES string of the molecule is OC(O)c1ncccc1Oc1ncccn1. The number of aliphatic hydroxyl groups excluding tert-OH is 1. The number of hydrogen-bond donors (Lipinski definition) is 2. The van der Waals surface area contributed by atoms with Crippen molar-refractivity contribution in [3.63, 3.8) is 0 Å². The van der Waals surface area contributed by atoms with Crippen molar-refractivity contribution >= 4 is 0 Å². The van der Waals surface area contributed by atoms with Crippen LogP contribution in [0, 0.1) is 0 Å². The summed E-state index contributed by atoms with van der Waals surface area (Å²) in [5.41, 5.74) is 0.0231. The van der Waals surface area contributed by atoms with E-state index < -0.39 is 6.29 Å². The normalized spacial score (nSPS) is 10.4. The molecule has 0 atom stereocenters. The van der Waals surface area contributed by atoms with Crippen molar-refractivity contribution in [2.75, 3.05) is 0 Å². The van der Waals surface area contributed by atoms with Crippen molar-refractivity contribution in [2.45, 2.75) is 6.29 Å². The molecule has 2 N–H and O–H groups in total. The number of aliphatic hydroxyl groups is 2. The number of hydrogen-bond acceptors (Lipinski definition) is 6. The molecule has 0 saturated carbocycles. The van der Waals surface area contributed by atoms with E-state index >= 15 is 0 Å². The Balaban J connectivity index is 2.28. The second kappa shape index (κ2) is 4.65. The molecule has 2 rings (SSSR count). The summed E-state index contributed by atoms with van der Waals surface area (Å²) < 4.78 is 5.27. The summed E-state index contributed by atoms with van der Waals surface area (Å²) in [4.78, 5) is 11.5. The highest BCUT2D eigenvalue weighted by atomic mass is 16.5. The molecule has 82 valence electrons. The number of pyridine rings is 1. The highest BCUT2D eigenvalue weighted by Gasteiger charge is 2.12. The third-order valence-electron chi connectivity index (χ3n) is 1.79. The van der Waals surface area contributed by atoms with Crippen LogP contribution in [0.5, 0.6) is 11.8 Å². The topological polar surface area (TPSA) is 88.4 Å². The van der Waals surface area contributed by atoms with Crippen LogP contribution in [0.3, 0.4) is 0 Å². The molecule has 2 heterocycles. The van der Waals surface area contributed by atoms with Crippen LogP contribution in [0.1, 0.15) is 12.0 Å². The minimum atomic E-state index is -1.69. The maximum Gasteiger partial charge on any atom is 0.321 e. The van der Waals surface area contributed by atoms with Gasteiger partial charge >= 0.3 is 6.01 Å². The average Bonchev–Trinajstić information content (AvgIpc) is 2.31. The summed E-state index contributed by atoms with van der Waals surface area (Å²) in [6, 6.07) is 4.94. The smallest absolute Gasteiger partial charge is 0.321 e. The van der Waals surface area contributed by atoms with E-state index in [-0.39, 0.29) is 17.5 Å². The fourth-order valence-corrected chi connectivity index (χ4v) is 1.12. The molecular weight excluding hydrogens is 210 g/mol. The summed E-state index contributed by atoms with van der Waals surface area (Å²) in [5.74, 6) is 0.212. The zero-order chi connectivity index (χ0) is 11.4. The fourth-order valence-electron chi connectivity index (χ4n) is 1.12. The van der Waals surface area contributed by atoms with E-state index in [0.717, 1.165) is 0 Å². The molecule has 0 aliphatic rings. The fraction of sp³-hybridized carbons (Fsp3) is 0.100. The molecule has 0 bridgehead atoms. The molecule has 0 amide bonds. The first-order valence-corrected chi connectivity index (χ1v) is 4.53. The molecule has 0 saturated heterocycles. The molecule has 0 fully saturated rings. The Morgan fingerprint density at radius 2 is 1.69 bits per heavy atom. The zero-order valence-corrected chi connectivity index (χ0v) is 8.19. The van der Waals surface area contributed by atoms with Crippen LogP contribution in [0.4, 0.5) is 0 Å². The van der Waals surface area contributed by atoms with Crippen LogP contribution in [-0.4, -0.2) is 25.2 Å². The quantitative estimate of drug-likeness (QED) is 0.737. The lowest BCUT2D eigenvalue weighted by Crippen LogP contribution is -2.02. The van der Waals surface area contributed by atoms with E-state index in [0.29, 0.717) is 0 Å². The van der Waals surface area contributed by atoms with Crippen molar-refractivity contribution in [1.82, 2.24) is 15.0 Å². The average molecular weight is 219 g/mol. The van der Waals surface area contributed by atoms with Gasteiger partial charge < -0.3 is 14.9 Å². The maximum atomic E-state index is 9.05. The van der Waals surface area contributed by atoms with Gasteiger partial charge in [-0.15, -0.1) is 0 Å². The van der Waals surface area contributed by atoms with Crippen LogP contribution in [-0.2, 0) is 0 Å². The Bertz CT molecular complexity index is 462. The Hall–Kier alpha value is -2.05. The lowest BCUT2D eigenvalue weighted by molar-refractivity contribution is -0.0471. The summed E-state index contributed by atoms with van der Waals surface area (Å²) >= 11 is 0. The Labute approximate surface area is 91.2 Å². The number of aromatic nitrogens is 3. The van der Waals surface area contributed by atoms with Crippen molar-refractivity contribution in [3.05, 3.63) is 42.5 Å². The highest BCUT2D eigenvalue weighted by molar-refractivity contribution is 5.29. The molecule has 2 aromatic heterocycles. The number of nitrogens with zero attached hydrogens (tertiary/aromatic N) is 3. The molecule has 0 radical (unpaired) electrons. The van der Waals surface area contributed by atoms with Crippen molar-refractivity contribution in [2.24, 2.45) is 0 Å². The summed E-state index contributed by atoms with van der Waals surface area (Å²) in [6.45, 7) is 0. The largest absolute Gasteiger partial charge is 0.422 e. The molecule has 6 nitrogen and oxygen atoms in total. The van der Waals surface area contributed by atoms with E-state index in [9.17, 15) is 0 Å². The molecule has 6 heteroatoms. The van der Waals surface area contributed by atoms with Crippen molar-refractivity contribution < 1.29 is 14.9 Å². The van der Waals surface area contributed by atoms with Crippen LogP contribution in [0.15, 0.2) is 36.8 Å². The molecule has 0 aliphatic carbocycles. The summed E-state index contributed by atoms with van der Waals surface area (Å²) in [5, 5.41) is 18.1. The van der Waals surface area contributed by atoms with Crippen LogP contribution in [0.25, 0.3) is 0 Å². The predicted molar refractivity (Wildman–Crippen MR) is 53.5 cm³/mol. The lowest BCUT2D eigenvalue weighted by Gasteiger charge is -2.09. The van der Waals surface area contributed by atoms with Crippen LogP contribution >= 0.6 is 0 Å². The second-order valence-corrected chi connectivity index (χ2v) is 2.89. The molecule has 16 heavy (non-hydrogen) atoms. The lowest BCUT2D eigenvalue weighted by atomic mass is 10.3. The van der Waals surface area contributed by atoms with Gasteiger partial charge in [-0.1, -0.05) is 0 Å². The van der Waals surface area contributed by atoms with Gasteiger partial charge in [0, 0.05) is 18.6 Å². The van der Waals surface area contributed by atoms with Gasteiger partial charge in [0.2, 0.25) is 0 Å². The van der Waals surface area contributed by atoms with E-state index in [1.54, 1.807) is 18.2 Å². The van der Waals surface area contributed by atoms with Gasteiger partial charge in [0.1, 0.15) is 5.69 Å². The molecule has 0 aromatic carbocycles. The molecule has 0 spiro atoms. The molecule has 0 unspecified atom stereocenters. The Morgan fingerprint density at radius 3 is 2.38 bits per heavy atom. The summed E-state index contributed by atoms with van der Waals surface area (Å²) in [6.07, 6.45) is 2.79. The van der Waals surface area contributed by atoms with Gasteiger partial charge in [-0.2, -0.15) is 0 Å². The minimum Gasteiger partial charge on any atom is -0.422 e. The van der Waals surface area contributed by atoms with Gasteiger partial charge in [-0.25, -0.2) is 9.97 Å². The monoisotopic (exact) mass is 219 g/mol. The standard InChI is InChI=1S/C10H9N3O3/c14-9(15)8-7(3-1-4-11-8)16-10-12-5-2-6-13-10/h1-6,9,14-15H. The Kier molecular flexibility index (Phi) is 3.04. The Morgan fingerprint density at radius 1 is 1.00 bits per heavy atom. The first-order valence-electron chi connectivity index (χ1n) is 4.53. The van der Waals surface area contributed by atoms with Gasteiger partial charge in [0.15, 0.2) is 12.0 Å². The van der Waals surface area contributed by atoms with Crippen LogP contribution in [0.2, 0.25) is 0 Å². The third kappa shape index (κ3) is 2.30. The number of ether oxygens (including phenoxy) is 1. The minimum absolute atomic E-state index is 0.0231. The van der Waals surface area contributed by atoms with Gasteiger partial charge in [-0.3, -0.25) is 4.98 Å². The van der Waals surface area contributed by atoms with E-state index in [1.165, 1.54) is 18.6 Å². The third-order valence-corrected chi connectivity index (χ3v) is 1.79. The van der Waals surface area contributed by atoms with E-state index in [1.807, 2.05) is 0 Å². The first kappa shape index (κ1) is 10.5. The highest BCUT2D eigenvalue weighted by Crippen LogP contribution is 2.24. The maximum absolute atomic E-state index is 9.05. The molecule has 2 aromatic rings. The molecular formula is C10H9N3O3. The van der Waals surface area contributed by atoms with Crippen molar-refractivity contribution in [1.29, 1.82) is 0 Å². The van der Waals surface area contributed by atoms with Crippen LogP contribution < -0.4 is 4.74 Å². The number of rotatable bonds is 3.